The van der Waals surface area contributed by atoms with Crippen LogP contribution in [0.25, 0.3) is 0 Å². The molecule has 0 bridgehead atoms. The summed E-state index contributed by atoms with van der Waals surface area (Å²) in [6.45, 7) is 0. The van der Waals surface area contributed by atoms with E-state index in [0.717, 1.165) is 10.5 Å². The molecule has 0 saturated carbocycles. The van der Waals surface area contributed by atoms with Crippen LogP contribution >= 0.6 is 28.6 Å². The molecule has 0 heterocycles. The molecule has 2 N–H and O–H groups in total. The highest BCUT2D eigenvalue weighted by Gasteiger charge is 2.04. The molecule has 1 aromatic rings. The Balaban J connectivity index is 2.83. The summed E-state index contributed by atoms with van der Waals surface area (Å²) in [5, 5.41) is 0.370. The van der Waals surface area contributed by atoms with E-state index in [9.17, 15) is 4.79 Å². The van der Waals surface area contributed by atoms with Gasteiger partial charge >= 0.3 is 0 Å². The van der Waals surface area contributed by atoms with E-state index in [1.54, 1.807) is 6.07 Å². The van der Waals surface area contributed by atoms with Gasteiger partial charge in [-0.1, -0.05) is 22.0 Å². The van der Waals surface area contributed by atoms with Crippen LogP contribution in [-0.4, -0.2) is 11.1 Å². The Morgan fingerprint density at radius 1 is 1.54 bits per heavy atom. The van der Waals surface area contributed by atoms with Crippen molar-refractivity contribution in [3.05, 3.63) is 23.8 Å². The maximum absolute atomic E-state index is 11.1. The number of nitrogen functional groups attached to an aromatic ring is 1. The number of ketones is 1. The quantitative estimate of drug-likeness (QED) is 0.496. The minimum absolute atomic E-state index is 0.124. The summed E-state index contributed by atoms with van der Waals surface area (Å²) in [5.41, 5.74) is 7.20. The Morgan fingerprint density at radius 3 is 2.77 bits per heavy atom. The van der Waals surface area contributed by atoms with E-state index < -0.39 is 0 Å². The third-order valence-electron chi connectivity index (χ3n) is 1.67. The van der Waals surface area contributed by atoms with Gasteiger partial charge in [0.15, 0.2) is 0 Å². The number of carbonyl (C=O) groups is 1. The van der Waals surface area contributed by atoms with Gasteiger partial charge in [-0.2, -0.15) is 0 Å². The zero-order chi connectivity index (χ0) is 9.84. The molecular weight excluding hydrogens is 250 g/mol. The van der Waals surface area contributed by atoms with E-state index >= 15 is 0 Å². The lowest BCUT2D eigenvalue weighted by atomic mass is 10.1. The van der Waals surface area contributed by atoms with Gasteiger partial charge < -0.3 is 5.73 Å². The number of thiol groups is 1. The molecule has 1 rings (SSSR count). The van der Waals surface area contributed by atoms with Crippen LogP contribution in [0.15, 0.2) is 23.1 Å². The van der Waals surface area contributed by atoms with Crippen molar-refractivity contribution in [3.63, 3.8) is 0 Å². The third kappa shape index (κ3) is 3.04. The monoisotopic (exact) mass is 259 g/mol. The maximum atomic E-state index is 11.1. The van der Waals surface area contributed by atoms with Crippen molar-refractivity contribution in [1.29, 1.82) is 0 Å². The minimum Gasteiger partial charge on any atom is -0.398 e. The van der Waals surface area contributed by atoms with Gasteiger partial charge in [-0.05, 0) is 17.7 Å². The SMILES string of the molecule is Nc1cc(S)ccc1CC(=O)CBr. The number of anilines is 1. The maximum Gasteiger partial charge on any atom is 0.147 e. The van der Waals surface area contributed by atoms with Crippen molar-refractivity contribution in [2.24, 2.45) is 0 Å². The second-order valence-electron chi connectivity index (χ2n) is 2.73. The van der Waals surface area contributed by atoms with Gasteiger partial charge in [0.1, 0.15) is 5.78 Å². The van der Waals surface area contributed by atoms with E-state index in [-0.39, 0.29) is 5.78 Å². The lowest BCUT2D eigenvalue weighted by Crippen LogP contribution is -2.05. The van der Waals surface area contributed by atoms with Crippen LogP contribution in [0, 0.1) is 0 Å². The first-order valence-corrected chi connectivity index (χ1v) is 5.35. The average Bonchev–Trinajstić information content (AvgIpc) is 2.09. The molecule has 13 heavy (non-hydrogen) atoms. The van der Waals surface area contributed by atoms with Crippen molar-refractivity contribution in [2.75, 3.05) is 11.1 Å². The number of halogens is 1. The molecule has 0 aliphatic carbocycles. The fourth-order valence-corrected chi connectivity index (χ4v) is 1.41. The van der Waals surface area contributed by atoms with Gasteiger partial charge in [0.25, 0.3) is 0 Å². The number of Topliss-reactive ketones (excluding diaryl/α,β-unsaturated/α-hetero) is 1. The Labute approximate surface area is 91.1 Å². The number of hydrogen-bond donors (Lipinski definition) is 2. The molecule has 0 amide bonds. The summed E-state index contributed by atoms with van der Waals surface area (Å²) < 4.78 is 0. The molecule has 0 fully saturated rings. The lowest BCUT2D eigenvalue weighted by molar-refractivity contribution is -0.115. The summed E-state index contributed by atoms with van der Waals surface area (Å²) in [6.07, 6.45) is 0.380. The van der Waals surface area contributed by atoms with Gasteiger partial charge in [0.05, 0.1) is 5.33 Å². The molecule has 2 nitrogen and oxygen atoms in total. The summed E-state index contributed by atoms with van der Waals surface area (Å²) in [5.74, 6) is 0.124. The first kappa shape index (κ1) is 10.6. The molecule has 0 radical (unpaired) electrons. The fourth-order valence-electron chi connectivity index (χ4n) is 1.00. The molecular formula is C9H10BrNOS. The molecule has 0 aliphatic rings. The Bertz CT molecular complexity index is 327. The normalized spacial score (nSPS) is 10.0. The van der Waals surface area contributed by atoms with E-state index in [4.69, 9.17) is 5.73 Å². The van der Waals surface area contributed by atoms with Gasteiger partial charge in [-0.15, -0.1) is 12.6 Å². The molecule has 1 aromatic carbocycles. The van der Waals surface area contributed by atoms with E-state index in [1.165, 1.54) is 0 Å². The number of carbonyl (C=O) groups excluding carboxylic acids is 1. The Hall–Kier alpha value is -0.480. The van der Waals surface area contributed by atoms with Gasteiger partial charge in [-0.25, -0.2) is 0 Å². The standard InChI is InChI=1S/C9H10BrNOS/c10-5-7(12)3-6-1-2-8(13)4-9(6)11/h1-2,4,13H,3,5,11H2. The van der Waals surface area contributed by atoms with E-state index in [2.05, 4.69) is 28.6 Å². The van der Waals surface area contributed by atoms with Gasteiger partial charge in [-0.3, -0.25) is 4.79 Å². The second kappa shape index (κ2) is 4.67. The molecule has 4 heteroatoms. The average molecular weight is 260 g/mol. The third-order valence-corrected chi connectivity index (χ3v) is 2.57. The molecule has 0 atom stereocenters. The Morgan fingerprint density at radius 2 is 2.23 bits per heavy atom. The molecule has 0 spiro atoms. The van der Waals surface area contributed by atoms with Crippen molar-refractivity contribution in [1.82, 2.24) is 0 Å². The predicted molar refractivity (Wildman–Crippen MR) is 60.6 cm³/mol. The smallest absolute Gasteiger partial charge is 0.147 e. The van der Waals surface area contributed by atoms with Crippen molar-refractivity contribution in [2.45, 2.75) is 11.3 Å². The van der Waals surface area contributed by atoms with Crippen molar-refractivity contribution >= 4 is 40.0 Å². The van der Waals surface area contributed by atoms with E-state index in [0.29, 0.717) is 17.4 Å². The van der Waals surface area contributed by atoms with Crippen LogP contribution in [0.3, 0.4) is 0 Å². The molecule has 0 unspecified atom stereocenters. The highest BCUT2D eigenvalue weighted by Crippen LogP contribution is 2.17. The molecule has 0 aliphatic heterocycles. The first-order valence-electron chi connectivity index (χ1n) is 3.78. The number of hydrogen-bond acceptors (Lipinski definition) is 3. The van der Waals surface area contributed by atoms with Gasteiger partial charge in [0.2, 0.25) is 0 Å². The Kier molecular flexibility index (Phi) is 3.81. The zero-order valence-corrected chi connectivity index (χ0v) is 9.44. The van der Waals surface area contributed by atoms with Crippen LogP contribution in [0.2, 0.25) is 0 Å². The van der Waals surface area contributed by atoms with E-state index in [1.807, 2.05) is 12.1 Å². The van der Waals surface area contributed by atoms with Crippen LogP contribution in [0.5, 0.6) is 0 Å². The number of alkyl halides is 1. The highest BCUT2D eigenvalue weighted by molar-refractivity contribution is 9.09. The number of rotatable bonds is 3. The van der Waals surface area contributed by atoms with Crippen LogP contribution in [0.1, 0.15) is 5.56 Å². The van der Waals surface area contributed by atoms with Crippen LogP contribution in [-0.2, 0) is 11.2 Å². The molecule has 0 aromatic heterocycles. The highest BCUT2D eigenvalue weighted by atomic mass is 79.9. The number of nitrogens with two attached hydrogens (primary N) is 1. The second-order valence-corrected chi connectivity index (χ2v) is 3.81. The summed E-state index contributed by atoms with van der Waals surface area (Å²) >= 11 is 7.25. The van der Waals surface area contributed by atoms with Gasteiger partial charge in [0, 0.05) is 17.0 Å². The van der Waals surface area contributed by atoms with Crippen LogP contribution in [0.4, 0.5) is 5.69 Å². The van der Waals surface area contributed by atoms with Crippen LogP contribution < -0.4 is 5.73 Å². The largest absolute Gasteiger partial charge is 0.398 e. The topological polar surface area (TPSA) is 43.1 Å². The van der Waals surface area contributed by atoms with Crippen molar-refractivity contribution in [3.8, 4) is 0 Å². The first-order chi connectivity index (χ1) is 6.13. The fraction of sp³-hybridized carbons (Fsp3) is 0.222. The molecule has 0 saturated heterocycles. The number of benzene rings is 1. The summed E-state index contributed by atoms with van der Waals surface area (Å²) in [7, 11) is 0. The lowest BCUT2D eigenvalue weighted by Gasteiger charge is -2.03. The molecule has 70 valence electrons. The van der Waals surface area contributed by atoms with Crippen molar-refractivity contribution < 1.29 is 4.79 Å². The zero-order valence-electron chi connectivity index (χ0n) is 6.96. The predicted octanol–water partition coefficient (Wildman–Crippen LogP) is 2.06. The minimum atomic E-state index is 0.124. The summed E-state index contributed by atoms with van der Waals surface area (Å²) in [6, 6.07) is 5.41. The summed E-state index contributed by atoms with van der Waals surface area (Å²) in [4.78, 5) is 11.9.